The minimum Gasteiger partial charge on any atom is -0.489 e. The number of hydrogen-bond donors (Lipinski definition) is 2. The molecule has 0 aliphatic carbocycles. The summed E-state index contributed by atoms with van der Waals surface area (Å²) in [6.45, 7) is 3.31. The standard InChI is InChI=1S/C16H19F3N2O3/c1-15(2,24-14(22)21-9-4-3-8-20)11-23-13-7-5-6-12(10-13)16(17,18)19/h5-7,10H,8-9,11,20H2,1-2H3,(H,21,22). The molecule has 0 aliphatic rings. The third-order valence-electron chi connectivity index (χ3n) is 2.66. The van der Waals surface area contributed by atoms with Gasteiger partial charge < -0.3 is 20.5 Å². The van der Waals surface area contributed by atoms with Crippen molar-refractivity contribution in [3.8, 4) is 17.6 Å². The van der Waals surface area contributed by atoms with E-state index in [4.69, 9.17) is 15.2 Å². The van der Waals surface area contributed by atoms with Gasteiger partial charge in [-0.2, -0.15) is 13.2 Å². The summed E-state index contributed by atoms with van der Waals surface area (Å²) >= 11 is 0. The van der Waals surface area contributed by atoms with Gasteiger partial charge in [-0.1, -0.05) is 17.9 Å². The lowest BCUT2D eigenvalue weighted by Gasteiger charge is -2.25. The zero-order valence-electron chi connectivity index (χ0n) is 13.4. The number of nitrogens with one attached hydrogen (secondary N) is 1. The Hall–Kier alpha value is -2.40. The molecule has 24 heavy (non-hydrogen) atoms. The molecule has 0 bridgehead atoms. The van der Waals surface area contributed by atoms with Crippen molar-refractivity contribution in [3.05, 3.63) is 29.8 Å². The lowest BCUT2D eigenvalue weighted by atomic mass is 10.1. The van der Waals surface area contributed by atoms with Crippen molar-refractivity contribution in [2.75, 3.05) is 19.7 Å². The van der Waals surface area contributed by atoms with Crippen LogP contribution in [0.1, 0.15) is 19.4 Å². The fourth-order valence-corrected chi connectivity index (χ4v) is 1.59. The normalized spacial score (nSPS) is 11.2. The maximum Gasteiger partial charge on any atom is 0.416 e. The molecule has 0 aromatic heterocycles. The molecule has 1 aromatic rings. The monoisotopic (exact) mass is 344 g/mol. The Morgan fingerprint density at radius 3 is 2.62 bits per heavy atom. The van der Waals surface area contributed by atoms with Gasteiger partial charge in [0.2, 0.25) is 0 Å². The molecule has 8 heteroatoms. The van der Waals surface area contributed by atoms with Crippen LogP contribution < -0.4 is 15.8 Å². The van der Waals surface area contributed by atoms with Crippen LogP contribution in [-0.2, 0) is 10.9 Å². The number of carbonyl (C=O) groups is 1. The van der Waals surface area contributed by atoms with Crippen molar-refractivity contribution in [2.24, 2.45) is 5.73 Å². The summed E-state index contributed by atoms with van der Waals surface area (Å²) in [5.74, 6) is 5.21. The first-order valence-electron chi connectivity index (χ1n) is 7.07. The van der Waals surface area contributed by atoms with Crippen molar-refractivity contribution in [2.45, 2.75) is 25.6 Å². The molecule has 5 nitrogen and oxygen atoms in total. The van der Waals surface area contributed by atoms with E-state index in [9.17, 15) is 18.0 Å². The van der Waals surface area contributed by atoms with Crippen LogP contribution in [0.25, 0.3) is 0 Å². The smallest absolute Gasteiger partial charge is 0.416 e. The summed E-state index contributed by atoms with van der Waals surface area (Å²) < 4.78 is 48.3. The SMILES string of the molecule is CC(C)(COc1cccc(C(F)(F)F)c1)OC(=O)NCC#CCN. The van der Waals surface area contributed by atoms with Gasteiger partial charge >= 0.3 is 12.3 Å². The van der Waals surface area contributed by atoms with Crippen molar-refractivity contribution in [1.29, 1.82) is 0 Å². The zero-order valence-corrected chi connectivity index (χ0v) is 13.4. The van der Waals surface area contributed by atoms with Gasteiger partial charge in [-0.15, -0.1) is 0 Å². The first kappa shape index (κ1) is 19.6. The number of amides is 1. The highest BCUT2D eigenvalue weighted by Crippen LogP contribution is 2.31. The van der Waals surface area contributed by atoms with E-state index in [0.717, 1.165) is 12.1 Å². The van der Waals surface area contributed by atoms with E-state index in [1.807, 2.05) is 0 Å². The average Bonchev–Trinajstić information content (AvgIpc) is 2.49. The Balaban J connectivity index is 2.54. The Bertz CT molecular complexity index is 619. The highest BCUT2D eigenvalue weighted by molar-refractivity contribution is 5.68. The summed E-state index contributed by atoms with van der Waals surface area (Å²) in [6.07, 6.45) is -5.16. The molecular weight excluding hydrogens is 325 g/mol. The second kappa shape index (κ2) is 8.45. The molecule has 0 spiro atoms. The maximum atomic E-state index is 12.6. The number of ether oxygens (including phenoxy) is 2. The topological polar surface area (TPSA) is 73.6 Å². The predicted molar refractivity (Wildman–Crippen MR) is 82.3 cm³/mol. The lowest BCUT2D eigenvalue weighted by Crippen LogP contribution is -2.39. The molecule has 0 aliphatic heterocycles. The number of nitrogens with two attached hydrogens (primary N) is 1. The number of benzene rings is 1. The van der Waals surface area contributed by atoms with E-state index in [-0.39, 0.29) is 25.4 Å². The fourth-order valence-electron chi connectivity index (χ4n) is 1.59. The number of carbonyl (C=O) groups excluding carboxylic acids is 1. The molecule has 0 fully saturated rings. The predicted octanol–water partition coefficient (Wildman–Crippen LogP) is 2.55. The summed E-state index contributed by atoms with van der Waals surface area (Å²) in [4.78, 5) is 11.6. The second-order valence-electron chi connectivity index (χ2n) is 5.37. The molecule has 0 saturated heterocycles. The molecule has 0 radical (unpaired) electrons. The van der Waals surface area contributed by atoms with Crippen LogP contribution in [-0.4, -0.2) is 31.4 Å². The van der Waals surface area contributed by atoms with Crippen LogP contribution in [0, 0.1) is 11.8 Å². The van der Waals surface area contributed by atoms with Gasteiger partial charge in [0.15, 0.2) is 0 Å². The summed E-state index contributed by atoms with van der Waals surface area (Å²) in [7, 11) is 0. The Morgan fingerprint density at radius 1 is 1.29 bits per heavy atom. The third kappa shape index (κ3) is 7.24. The molecule has 132 valence electrons. The van der Waals surface area contributed by atoms with E-state index in [1.165, 1.54) is 12.1 Å². The molecule has 3 N–H and O–H groups in total. The van der Waals surface area contributed by atoms with Gasteiger partial charge in [-0.25, -0.2) is 4.79 Å². The van der Waals surface area contributed by atoms with E-state index in [0.29, 0.717) is 0 Å². The summed E-state index contributed by atoms with van der Waals surface area (Å²) in [6, 6.07) is 4.48. The molecule has 0 saturated carbocycles. The van der Waals surface area contributed by atoms with E-state index < -0.39 is 23.4 Å². The molecule has 1 aromatic carbocycles. The van der Waals surface area contributed by atoms with Crippen molar-refractivity contribution >= 4 is 6.09 Å². The van der Waals surface area contributed by atoms with Gasteiger partial charge in [-0.3, -0.25) is 0 Å². The van der Waals surface area contributed by atoms with Crippen molar-refractivity contribution < 1.29 is 27.4 Å². The van der Waals surface area contributed by atoms with E-state index in [1.54, 1.807) is 13.8 Å². The van der Waals surface area contributed by atoms with Crippen LogP contribution in [0.3, 0.4) is 0 Å². The minimum atomic E-state index is -4.45. The number of alkyl carbamates (subject to hydrolysis) is 1. The molecular formula is C16H19F3N2O3. The van der Waals surface area contributed by atoms with Crippen LogP contribution in [0.2, 0.25) is 0 Å². The number of hydrogen-bond acceptors (Lipinski definition) is 4. The van der Waals surface area contributed by atoms with Crippen molar-refractivity contribution in [3.63, 3.8) is 0 Å². The van der Waals surface area contributed by atoms with Crippen LogP contribution in [0.5, 0.6) is 5.75 Å². The molecule has 1 amide bonds. The summed E-state index contributed by atoms with van der Waals surface area (Å²) in [5, 5.41) is 2.41. The highest BCUT2D eigenvalue weighted by atomic mass is 19.4. The quantitative estimate of drug-likeness (QED) is 0.805. The third-order valence-corrected chi connectivity index (χ3v) is 2.66. The second-order valence-corrected chi connectivity index (χ2v) is 5.37. The van der Waals surface area contributed by atoms with E-state index in [2.05, 4.69) is 17.2 Å². The molecule has 0 heterocycles. The lowest BCUT2D eigenvalue weighted by molar-refractivity contribution is -0.137. The highest BCUT2D eigenvalue weighted by Gasteiger charge is 2.31. The summed E-state index contributed by atoms with van der Waals surface area (Å²) in [5.41, 5.74) is 3.32. The zero-order chi connectivity index (χ0) is 18.2. The van der Waals surface area contributed by atoms with Gasteiger partial charge in [0.1, 0.15) is 18.0 Å². The Labute approximate surface area is 138 Å². The number of halogens is 3. The van der Waals surface area contributed by atoms with Crippen LogP contribution in [0.4, 0.5) is 18.0 Å². The Kier molecular flexibility index (Phi) is 6.92. The Morgan fingerprint density at radius 2 is 2.00 bits per heavy atom. The van der Waals surface area contributed by atoms with Gasteiger partial charge in [-0.05, 0) is 32.0 Å². The molecule has 1 rings (SSSR count). The average molecular weight is 344 g/mol. The largest absolute Gasteiger partial charge is 0.489 e. The first-order valence-corrected chi connectivity index (χ1v) is 7.07. The molecule has 0 atom stereocenters. The number of rotatable bonds is 5. The van der Waals surface area contributed by atoms with E-state index >= 15 is 0 Å². The number of alkyl halides is 3. The fraction of sp³-hybridized carbons (Fsp3) is 0.438. The molecule has 0 unspecified atom stereocenters. The van der Waals surface area contributed by atoms with Gasteiger partial charge in [0.25, 0.3) is 0 Å². The maximum absolute atomic E-state index is 12.6. The van der Waals surface area contributed by atoms with Crippen LogP contribution in [0.15, 0.2) is 24.3 Å². The van der Waals surface area contributed by atoms with Gasteiger partial charge in [0.05, 0.1) is 18.7 Å². The van der Waals surface area contributed by atoms with Crippen molar-refractivity contribution in [1.82, 2.24) is 5.32 Å². The first-order chi connectivity index (χ1) is 11.1. The minimum absolute atomic E-state index is 0.0377. The van der Waals surface area contributed by atoms with Gasteiger partial charge in [0, 0.05) is 0 Å². The van der Waals surface area contributed by atoms with Crippen LogP contribution >= 0.6 is 0 Å².